The lowest BCUT2D eigenvalue weighted by Gasteiger charge is -2.36. The molecule has 0 aromatic heterocycles. The van der Waals surface area contributed by atoms with E-state index in [1.807, 2.05) is 31.2 Å². The lowest BCUT2D eigenvalue weighted by Crippen LogP contribution is -2.54. The van der Waals surface area contributed by atoms with E-state index in [9.17, 15) is 14.0 Å². The minimum atomic E-state index is -0.946. The maximum atomic E-state index is 13.6. The van der Waals surface area contributed by atoms with Gasteiger partial charge >= 0.3 is 0 Å². The average molecular weight is 393 g/mol. The number of carbonyl (C=O) groups is 2. The molecule has 2 N–H and O–H groups in total. The van der Waals surface area contributed by atoms with Crippen LogP contribution in [-0.2, 0) is 21.7 Å². The van der Waals surface area contributed by atoms with Gasteiger partial charge in [0.2, 0.25) is 11.8 Å². The Bertz CT molecular complexity index is 1010. The van der Waals surface area contributed by atoms with Crippen LogP contribution in [0.5, 0.6) is 0 Å². The highest BCUT2D eigenvalue weighted by Crippen LogP contribution is 2.55. The molecule has 3 heterocycles. The number of para-hydroxylation sites is 1. The molecule has 5 rings (SSSR count). The van der Waals surface area contributed by atoms with Gasteiger partial charge in [0.25, 0.3) is 0 Å². The normalized spacial score (nSPS) is 27.7. The second-order valence-electron chi connectivity index (χ2n) is 8.33. The van der Waals surface area contributed by atoms with Crippen LogP contribution in [0.3, 0.4) is 0 Å². The predicted octanol–water partition coefficient (Wildman–Crippen LogP) is 3.08. The minimum absolute atomic E-state index is 0.106. The van der Waals surface area contributed by atoms with Crippen LogP contribution in [-0.4, -0.2) is 29.3 Å². The standard InChI is InChI=1S/C23H24FN3O2/c1-14-8-9-16(24)11-15(14)13-25-21(28)19-12-17-5-4-10-27(17)23(19)18-6-2-3-7-20(18)26-22(23)29/h2-3,6-9,11,17,19H,4-5,10,12-13H2,1H3,(H,25,28)(H,26,29)/t17-,19-,23+/m1/s1. The second kappa shape index (κ2) is 6.66. The monoisotopic (exact) mass is 393 g/mol. The third-order valence-corrected chi connectivity index (χ3v) is 6.86. The summed E-state index contributed by atoms with van der Waals surface area (Å²) in [6.45, 7) is 2.97. The van der Waals surface area contributed by atoms with Gasteiger partial charge in [-0.05, 0) is 62.1 Å². The van der Waals surface area contributed by atoms with Crippen molar-refractivity contribution in [3.63, 3.8) is 0 Å². The zero-order valence-electron chi connectivity index (χ0n) is 16.4. The van der Waals surface area contributed by atoms with Gasteiger partial charge in [-0.1, -0.05) is 24.3 Å². The molecule has 2 saturated heterocycles. The van der Waals surface area contributed by atoms with E-state index in [0.29, 0.717) is 6.42 Å². The third-order valence-electron chi connectivity index (χ3n) is 6.86. The molecule has 0 radical (unpaired) electrons. The first kappa shape index (κ1) is 18.3. The number of nitrogens with one attached hydrogen (secondary N) is 2. The van der Waals surface area contributed by atoms with Gasteiger partial charge in [-0.3, -0.25) is 14.5 Å². The lowest BCUT2D eigenvalue weighted by molar-refractivity contribution is -0.137. The highest BCUT2D eigenvalue weighted by Gasteiger charge is 2.65. The van der Waals surface area contributed by atoms with Crippen molar-refractivity contribution in [2.24, 2.45) is 5.92 Å². The van der Waals surface area contributed by atoms with Crippen molar-refractivity contribution in [1.82, 2.24) is 10.2 Å². The molecule has 2 amide bonds. The quantitative estimate of drug-likeness (QED) is 0.843. The van der Waals surface area contributed by atoms with Crippen molar-refractivity contribution < 1.29 is 14.0 Å². The van der Waals surface area contributed by atoms with Gasteiger partial charge in [0.1, 0.15) is 11.4 Å². The van der Waals surface area contributed by atoms with E-state index in [4.69, 9.17) is 0 Å². The van der Waals surface area contributed by atoms with Gasteiger partial charge < -0.3 is 10.6 Å². The number of hydrogen-bond donors (Lipinski definition) is 2. The van der Waals surface area contributed by atoms with E-state index < -0.39 is 11.5 Å². The molecule has 2 fully saturated rings. The van der Waals surface area contributed by atoms with E-state index in [2.05, 4.69) is 15.5 Å². The van der Waals surface area contributed by atoms with E-state index >= 15 is 0 Å². The Balaban J connectivity index is 1.48. The zero-order chi connectivity index (χ0) is 20.2. The molecule has 6 heteroatoms. The molecule has 0 aliphatic carbocycles. The van der Waals surface area contributed by atoms with Crippen molar-refractivity contribution in [3.05, 3.63) is 65.0 Å². The molecule has 3 aliphatic rings. The number of hydrogen-bond acceptors (Lipinski definition) is 3. The van der Waals surface area contributed by atoms with Crippen molar-refractivity contribution in [2.45, 2.75) is 44.3 Å². The molecule has 150 valence electrons. The number of benzene rings is 2. The molecule has 29 heavy (non-hydrogen) atoms. The molecule has 5 nitrogen and oxygen atoms in total. The highest BCUT2D eigenvalue weighted by molar-refractivity contribution is 6.09. The number of anilines is 1. The summed E-state index contributed by atoms with van der Waals surface area (Å²) >= 11 is 0. The number of rotatable bonds is 3. The van der Waals surface area contributed by atoms with Crippen LogP contribution in [0.15, 0.2) is 42.5 Å². The van der Waals surface area contributed by atoms with Gasteiger partial charge in [0.15, 0.2) is 0 Å². The van der Waals surface area contributed by atoms with Crippen LogP contribution in [0.4, 0.5) is 10.1 Å². The minimum Gasteiger partial charge on any atom is -0.352 e. The molecule has 3 atom stereocenters. The largest absolute Gasteiger partial charge is 0.352 e. The summed E-state index contributed by atoms with van der Waals surface area (Å²) in [6.07, 6.45) is 2.71. The van der Waals surface area contributed by atoms with Crippen LogP contribution in [0, 0.1) is 18.7 Å². The maximum absolute atomic E-state index is 13.6. The first-order valence-electron chi connectivity index (χ1n) is 10.2. The van der Waals surface area contributed by atoms with Crippen LogP contribution in [0.2, 0.25) is 0 Å². The number of halogens is 1. The average Bonchev–Trinajstić information content (AvgIpc) is 3.37. The smallest absolute Gasteiger partial charge is 0.250 e. The summed E-state index contributed by atoms with van der Waals surface area (Å²) in [4.78, 5) is 28.9. The van der Waals surface area contributed by atoms with E-state index in [-0.39, 0.29) is 30.2 Å². The van der Waals surface area contributed by atoms with Crippen molar-refractivity contribution in [2.75, 3.05) is 11.9 Å². The second-order valence-corrected chi connectivity index (χ2v) is 8.33. The number of carbonyl (C=O) groups excluding carboxylic acids is 2. The molecule has 3 aliphatic heterocycles. The maximum Gasteiger partial charge on any atom is 0.250 e. The van der Waals surface area contributed by atoms with Crippen LogP contribution in [0.25, 0.3) is 0 Å². The Kier molecular flexibility index (Phi) is 4.21. The molecule has 2 aromatic rings. The predicted molar refractivity (Wildman–Crippen MR) is 108 cm³/mol. The van der Waals surface area contributed by atoms with E-state index in [0.717, 1.165) is 41.8 Å². The number of nitrogens with zero attached hydrogens (tertiary/aromatic N) is 1. The molecule has 0 saturated carbocycles. The Morgan fingerprint density at radius 2 is 2.14 bits per heavy atom. The highest BCUT2D eigenvalue weighted by atomic mass is 19.1. The van der Waals surface area contributed by atoms with E-state index in [1.165, 1.54) is 12.1 Å². The van der Waals surface area contributed by atoms with E-state index in [1.54, 1.807) is 6.07 Å². The summed E-state index contributed by atoms with van der Waals surface area (Å²) in [5, 5.41) is 6.00. The summed E-state index contributed by atoms with van der Waals surface area (Å²) in [6, 6.07) is 12.5. The van der Waals surface area contributed by atoms with Gasteiger partial charge in [-0.2, -0.15) is 0 Å². The molecule has 0 unspecified atom stereocenters. The van der Waals surface area contributed by atoms with Crippen LogP contribution in [0.1, 0.15) is 36.0 Å². The Labute approximate surface area is 169 Å². The topological polar surface area (TPSA) is 61.4 Å². The molecule has 0 bridgehead atoms. The number of fused-ring (bicyclic) bond motifs is 4. The molecular weight excluding hydrogens is 369 g/mol. The Morgan fingerprint density at radius 1 is 1.31 bits per heavy atom. The van der Waals surface area contributed by atoms with Crippen molar-refractivity contribution in [3.8, 4) is 0 Å². The summed E-state index contributed by atoms with van der Waals surface area (Å²) in [5.74, 6) is -1.03. The number of aryl methyl sites for hydroxylation is 1. The van der Waals surface area contributed by atoms with Crippen LogP contribution >= 0.6 is 0 Å². The summed E-state index contributed by atoms with van der Waals surface area (Å²) < 4.78 is 13.6. The lowest BCUT2D eigenvalue weighted by atomic mass is 9.78. The first-order valence-corrected chi connectivity index (χ1v) is 10.2. The SMILES string of the molecule is Cc1ccc(F)cc1CNC(=O)[C@H]1C[C@H]2CCCN2[C@]12C(=O)Nc1ccccc12. The molecular formula is C23H24FN3O2. The van der Waals surface area contributed by atoms with Crippen molar-refractivity contribution in [1.29, 1.82) is 0 Å². The Hall–Kier alpha value is -2.73. The summed E-state index contributed by atoms with van der Waals surface area (Å²) in [5.41, 5.74) is 2.43. The molecule has 1 spiro atoms. The third kappa shape index (κ3) is 2.62. The molecule has 2 aromatic carbocycles. The van der Waals surface area contributed by atoms with Crippen molar-refractivity contribution >= 4 is 17.5 Å². The van der Waals surface area contributed by atoms with Gasteiger partial charge in [-0.25, -0.2) is 4.39 Å². The van der Waals surface area contributed by atoms with Gasteiger partial charge in [0, 0.05) is 23.8 Å². The van der Waals surface area contributed by atoms with Crippen LogP contribution < -0.4 is 10.6 Å². The zero-order valence-corrected chi connectivity index (χ0v) is 16.4. The Morgan fingerprint density at radius 3 is 3.00 bits per heavy atom. The summed E-state index contributed by atoms with van der Waals surface area (Å²) in [7, 11) is 0. The fourth-order valence-electron chi connectivity index (χ4n) is 5.52. The van der Waals surface area contributed by atoms with Gasteiger partial charge in [-0.15, -0.1) is 0 Å². The number of amides is 2. The fourth-order valence-corrected chi connectivity index (χ4v) is 5.52. The fraction of sp³-hybridized carbons (Fsp3) is 0.391. The van der Waals surface area contributed by atoms with Gasteiger partial charge in [0.05, 0.1) is 5.92 Å². The first-order chi connectivity index (χ1) is 14.0.